The van der Waals surface area contributed by atoms with Gasteiger partial charge in [-0.1, -0.05) is 12.1 Å². The molecule has 0 aliphatic rings. The van der Waals surface area contributed by atoms with Crippen LogP contribution in [-0.2, 0) is 20.6 Å². The van der Waals surface area contributed by atoms with Gasteiger partial charge in [0.15, 0.2) is 0 Å². The zero-order valence-electron chi connectivity index (χ0n) is 10.7. The van der Waals surface area contributed by atoms with Crippen molar-refractivity contribution in [1.29, 1.82) is 5.26 Å². The van der Waals surface area contributed by atoms with Gasteiger partial charge in [-0.3, -0.25) is 4.79 Å². The summed E-state index contributed by atoms with van der Waals surface area (Å²) in [5.74, 6) is -1.04. The topological polar surface area (TPSA) is 113 Å². The molecule has 19 heavy (non-hydrogen) atoms. The SMILES string of the molecule is CC(C)(NS(=O)(=O)Cc1ccc(C#N)cc1)C(N)=O. The number of nitrogens with zero attached hydrogens (tertiary/aromatic N) is 1. The van der Waals surface area contributed by atoms with Crippen LogP contribution in [0.4, 0.5) is 0 Å². The Hall–Kier alpha value is -1.91. The van der Waals surface area contributed by atoms with E-state index in [0.29, 0.717) is 11.1 Å². The summed E-state index contributed by atoms with van der Waals surface area (Å²) in [5.41, 5.74) is 4.74. The predicted molar refractivity (Wildman–Crippen MR) is 70.2 cm³/mol. The van der Waals surface area contributed by atoms with Gasteiger partial charge in [-0.15, -0.1) is 0 Å². The van der Waals surface area contributed by atoms with E-state index in [2.05, 4.69) is 4.72 Å². The zero-order valence-corrected chi connectivity index (χ0v) is 11.5. The van der Waals surface area contributed by atoms with Gasteiger partial charge >= 0.3 is 0 Å². The first kappa shape index (κ1) is 15.1. The third-order valence-corrected chi connectivity index (χ3v) is 4.00. The highest BCUT2D eigenvalue weighted by Crippen LogP contribution is 2.10. The Balaban J connectivity index is 2.85. The van der Waals surface area contributed by atoms with Gasteiger partial charge in [0.1, 0.15) is 5.54 Å². The van der Waals surface area contributed by atoms with Crippen LogP contribution in [0.3, 0.4) is 0 Å². The van der Waals surface area contributed by atoms with E-state index in [9.17, 15) is 13.2 Å². The Morgan fingerprint density at radius 2 is 1.89 bits per heavy atom. The number of carbonyl (C=O) groups is 1. The van der Waals surface area contributed by atoms with Crippen LogP contribution in [-0.4, -0.2) is 19.9 Å². The molecule has 0 saturated carbocycles. The van der Waals surface area contributed by atoms with E-state index >= 15 is 0 Å². The summed E-state index contributed by atoms with van der Waals surface area (Å²) in [6.07, 6.45) is 0. The highest BCUT2D eigenvalue weighted by molar-refractivity contribution is 7.88. The van der Waals surface area contributed by atoms with Crippen molar-refractivity contribution in [2.24, 2.45) is 5.73 Å². The van der Waals surface area contributed by atoms with Crippen LogP contribution in [0.1, 0.15) is 25.0 Å². The Labute approximate surface area is 112 Å². The quantitative estimate of drug-likeness (QED) is 0.804. The number of primary amides is 1. The molecule has 0 saturated heterocycles. The Morgan fingerprint density at radius 3 is 2.32 bits per heavy atom. The van der Waals surface area contributed by atoms with Gasteiger partial charge in [0.05, 0.1) is 17.4 Å². The molecule has 0 bridgehead atoms. The molecule has 1 aromatic carbocycles. The number of carbonyl (C=O) groups excluding carboxylic acids is 1. The average Bonchev–Trinajstić information content (AvgIpc) is 2.27. The summed E-state index contributed by atoms with van der Waals surface area (Å²) in [5, 5.41) is 8.64. The molecule has 0 atom stereocenters. The molecule has 7 heteroatoms. The fourth-order valence-corrected chi connectivity index (χ4v) is 2.95. The zero-order chi connectivity index (χ0) is 14.7. The fourth-order valence-electron chi connectivity index (χ4n) is 1.37. The molecular weight excluding hydrogens is 266 g/mol. The third-order valence-electron chi connectivity index (χ3n) is 2.47. The summed E-state index contributed by atoms with van der Waals surface area (Å²) in [4.78, 5) is 11.1. The van der Waals surface area contributed by atoms with Gasteiger partial charge in [0.25, 0.3) is 0 Å². The smallest absolute Gasteiger partial charge is 0.238 e. The first-order valence-corrected chi connectivity index (χ1v) is 7.12. The number of hydrogen-bond acceptors (Lipinski definition) is 4. The second-order valence-electron chi connectivity index (χ2n) is 4.66. The van der Waals surface area contributed by atoms with E-state index in [-0.39, 0.29) is 5.75 Å². The minimum atomic E-state index is -3.69. The lowest BCUT2D eigenvalue weighted by Crippen LogP contribution is -2.53. The van der Waals surface area contributed by atoms with Crippen molar-refractivity contribution in [3.05, 3.63) is 35.4 Å². The minimum Gasteiger partial charge on any atom is -0.368 e. The van der Waals surface area contributed by atoms with Crippen molar-refractivity contribution >= 4 is 15.9 Å². The standard InChI is InChI=1S/C12H15N3O3S/c1-12(2,11(14)16)15-19(17,18)8-10-5-3-9(7-13)4-6-10/h3-6,15H,8H2,1-2H3,(H2,14,16). The number of sulfonamides is 1. The molecule has 0 heterocycles. The number of nitrogens with one attached hydrogen (secondary N) is 1. The monoisotopic (exact) mass is 281 g/mol. The molecule has 0 aliphatic heterocycles. The van der Waals surface area contributed by atoms with Crippen LogP contribution in [0.5, 0.6) is 0 Å². The van der Waals surface area contributed by atoms with Crippen molar-refractivity contribution in [1.82, 2.24) is 4.72 Å². The van der Waals surface area contributed by atoms with Gasteiger partial charge in [-0.2, -0.15) is 9.98 Å². The summed E-state index contributed by atoms with van der Waals surface area (Å²) in [6.45, 7) is 2.79. The van der Waals surface area contributed by atoms with Crippen LogP contribution in [0.2, 0.25) is 0 Å². The number of benzene rings is 1. The summed E-state index contributed by atoms with van der Waals surface area (Å²) < 4.78 is 26.0. The first-order chi connectivity index (χ1) is 8.66. The number of rotatable bonds is 5. The van der Waals surface area contributed by atoms with Crippen molar-refractivity contribution in [3.63, 3.8) is 0 Å². The average molecular weight is 281 g/mol. The van der Waals surface area contributed by atoms with Crippen molar-refractivity contribution in [2.45, 2.75) is 25.1 Å². The molecular formula is C12H15N3O3S. The van der Waals surface area contributed by atoms with Crippen molar-refractivity contribution in [2.75, 3.05) is 0 Å². The second-order valence-corrected chi connectivity index (χ2v) is 6.38. The van der Waals surface area contributed by atoms with E-state index in [1.165, 1.54) is 26.0 Å². The summed E-state index contributed by atoms with van der Waals surface area (Å²) >= 11 is 0. The number of nitrogens with two attached hydrogens (primary N) is 1. The van der Waals surface area contributed by atoms with Gasteiger partial charge in [-0.05, 0) is 31.5 Å². The third kappa shape index (κ3) is 4.35. The van der Waals surface area contributed by atoms with Crippen LogP contribution in [0.25, 0.3) is 0 Å². The lowest BCUT2D eigenvalue weighted by atomic mass is 10.1. The molecule has 102 valence electrons. The molecule has 0 fully saturated rings. The van der Waals surface area contributed by atoms with E-state index < -0.39 is 21.5 Å². The number of amides is 1. The maximum absolute atomic E-state index is 11.9. The maximum atomic E-state index is 11.9. The molecule has 1 aromatic rings. The normalized spacial score (nSPS) is 11.8. The van der Waals surface area contributed by atoms with Gasteiger partial charge in [0.2, 0.25) is 15.9 Å². The minimum absolute atomic E-state index is 0.282. The van der Waals surface area contributed by atoms with Crippen molar-refractivity contribution < 1.29 is 13.2 Å². The van der Waals surface area contributed by atoms with E-state index in [0.717, 1.165) is 0 Å². The summed E-state index contributed by atoms with van der Waals surface area (Å²) in [7, 11) is -3.69. The molecule has 1 amide bonds. The largest absolute Gasteiger partial charge is 0.368 e. The van der Waals surface area contributed by atoms with Crippen LogP contribution in [0, 0.1) is 11.3 Å². The highest BCUT2D eigenvalue weighted by Gasteiger charge is 2.30. The summed E-state index contributed by atoms with van der Waals surface area (Å²) in [6, 6.07) is 8.11. The lowest BCUT2D eigenvalue weighted by molar-refractivity contribution is -0.122. The lowest BCUT2D eigenvalue weighted by Gasteiger charge is -2.21. The van der Waals surface area contributed by atoms with Gasteiger partial charge in [0, 0.05) is 0 Å². The molecule has 0 radical (unpaired) electrons. The molecule has 0 aromatic heterocycles. The second kappa shape index (κ2) is 5.38. The fraction of sp³-hybridized carbons (Fsp3) is 0.333. The molecule has 3 N–H and O–H groups in total. The van der Waals surface area contributed by atoms with E-state index in [1.807, 2.05) is 6.07 Å². The molecule has 1 rings (SSSR count). The first-order valence-electron chi connectivity index (χ1n) is 5.47. The Morgan fingerprint density at radius 1 is 1.37 bits per heavy atom. The van der Waals surface area contributed by atoms with E-state index in [1.54, 1.807) is 12.1 Å². The van der Waals surface area contributed by atoms with E-state index in [4.69, 9.17) is 11.0 Å². The molecule has 0 unspecified atom stereocenters. The Kier molecular flexibility index (Phi) is 4.29. The number of nitriles is 1. The maximum Gasteiger partial charge on any atom is 0.238 e. The van der Waals surface area contributed by atoms with Crippen LogP contribution < -0.4 is 10.5 Å². The molecule has 0 aliphatic carbocycles. The van der Waals surface area contributed by atoms with Gasteiger partial charge in [-0.25, -0.2) is 8.42 Å². The van der Waals surface area contributed by atoms with Gasteiger partial charge < -0.3 is 5.73 Å². The molecule has 6 nitrogen and oxygen atoms in total. The van der Waals surface area contributed by atoms with Crippen LogP contribution >= 0.6 is 0 Å². The number of hydrogen-bond donors (Lipinski definition) is 2. The van der Waals surface area contributed by atoms with Crippen molar-refractivity contribution in [3.8, 4) is 6.07 Å². The highest BCUT2D eigenvalue weighted by atomic mass is 32.2. The molecule has 0 spiro atoms. The van der Waals surface area contributed by atoms with Crippen LogP contribution in [0.15, 0.2) is 24.3 Å². The Bertz CT molecular complexity index is 613. The predicted octanol–water partition coefficient (Wildman–Crippen LogP) is 0.242.